The molecule has 0 fully saturated rings. The molecule has 80 valence electrons. The van der Waals surface area contributed by atoms with Crippen LogP contribution in [0.4, 0.5) is 0 Å². The highest BCUT2D eigenvalue weighted by Gasteiger charge is 2.21. The third-order valence-corrected chi connectivity index (χ3v) is 2.48. The van der Waals surface area contributed by atoms with Crippen molar-refractivity contribution in [3.63, 3.8) is 0 Å². The number of carboxylic acid groups (broad SMARTS) is 1. The highest BCUT2D eigenvalue weighted by atomic mass is 16.5. The number of carboxylic acids is 1. The molecule has 1 aromatic rings. The van der Waals surface area contributed by atoms with Gasteiger partial charge in [-0.3, -0.25) is 4.79 Å². The smallest absolute Gasteiger partial charge is 0.307 e. The second-order valence-corrected chi connectivity index (χ2v) is 3.40. The molecule has 4 nitrogen and oxygen atoms in total. The molecule has 15 heavy (non-hydrogen) atoms. The number of ether oxygens (including phenoxy) is 2. The summed E-state index contributed by atoms with van der Waals surface area (Å²) in [5.74, 6) is 0.558. The molecule has 0 saturated carbocycles. The quantitative estimate of drug-likeness (QED) is 0.812. The van der Waals surface area contributed by atoms with Crippen molar-refractivity contribution in [1.29, 1.82) is 0 Å². The molecule has 0 aromatic heterocycles. The molecule has 0 bridgehead atoms. The van der Waals surface area contributed by atoms with Crippen LogP contribution in [0.5, 0.6) is 11.5 Å². The zero-order chi connectivity index (χ0) is 10.8. The first-order chi connectivity index (χ1) is 7.22. The van der Waals surface area contributed by atoms with Gasteiger partial charge in [-0.05, 0) is 11.6 Å². The molecule has 0 spiro atoms. The Bertz CT molecular complexity index is 398. The van der Waals surface area contributed by atoms with Crippen LogP contribution in [0.3, 0.4) is 0 Å². The van der Waals surface area contributed by atoms with Gasteiger partial charge in [-0.1, -0.05) is 6.07 Å². The van der Waals surface area contributed by atoms with Gasteiger partial charge in [0.2, 0.25) is 0 Å². The van der Waals surface area contributed by atoms with E-state index in [1.165, 1.54) is 0 Å². The van der Waals surface area contributed by atoms with Gasteiger partial charge >= 0.3 is 5.97 Å². The van der Waals surface area contributed by atoms with E-state index in [1.807, 2.05) is 0 Å². The van der Waals surface area contributed by atoms with E-state index in [-0.39, 0.29) is 6.42 Å². The van der Waals surface area contributed by atoms with E-state index >= 15 is 0 Å². The molecule has 0 radical (unpaired) electrons. The predicted molar refractivity (Wildman–Crippen MR) is 53.5 cm³/mol. The van der Waals surface area contributed by atoms with Crippen molar-refractivity contribution in [2.75, 3.05) is 13.7 Å². The van der Waals surface area contributed by atoms with Crippen molar-refractivity contribution in [3.05, 3.63) is 23.3 Å². The third-order valence-electron chi connectivity index (χ3n) is 2.48. The minimum absolute atomic E-state index is 0.0374. The number of fused-ring (bicyclic) bond motifs is 1. The predicted octanol–water partition coefficient (Wildman–Crippen LogP) is 1.26. The highest BCUT2D eigenvalue weighted by Crippen LogP contribution is 2.37. The Morgan fingerprint density at radius 3 is 3.07 bits per heavy atom. The SMILES string of the molecule is COc1ccc(CC(=O)O)c2c1OCC2. The highest BCUT2D eigenvalue weighted by molar-refractivity contribution is 5.72. The van der Waals surface area contributed by atoms with Gasteiger partial charge in [-0.15, -0.1) is 0 Å². The fourth-order valence-electron chi connectivity index (χ4n) is 1.82. The molecule has 1 heterocycles. The number of carbonyl (C=O) groups is 1. The Morgan fingerprint density at radius 1 is 1.60 bits per heavy atom. The fraction of sp³-hybridized carbons (Fsp3) is 0.364. The number of hydrogen-bond acceptors (Lipinski definition) is 3. The lowest BCUT2D eigenvalue weighted by Gasteiger charge is -2.09. The average molecular weight is 208 g/mol. The van der Waals surface area contributed by atoms with Crippen LogP contribution in [0.2, 0.25) is 0 Å². The molecule has 0 atom stereocenters. The zero-order valence-corrected chi connectivity index (χ0v) is 8.45. The summed E-state index contributed by atoms with van der Waals surface area (Å²) in [6.45, 7) is 0.600. The van der Waals surface area contributed by atoms with Gasteiger partial charge in [0.15, 0.2) is 11.5 Å². The molecule has 1 aliphatic rings. The number of rotatable bonds is 3. The van der Waals surface area contributed by atoms with Crippen LogP contribution in [-0.4, -0.2) is 24.8 Å². The van der Waals surface area contributed by atoms with Crippen LogP contribution in [0, 0.1) is 0 Å². The number of hydrogen-bond donors (Lipinski definition) is 1. The Labute approximate surface area is 87.4 Å². The van der Waals surface area contributed by atoms with Gasteiger partial charge in [-0.2, -0.15) is 0 Å². The largest absolute Gasteiger partial charge is 0.493 e. The van der Waals surface area contributed by atoms with E-state index in [0.717, 1.165) is 17.5 Å². The molecule has 1 aromatic carbocycles. The van der Waals surface area contributed by atoms with Crippen molar-refractivity contribution in [3.8, 4) is 11.5 Å². The summed E-state index contributed by atoms with van der Waals surface area (Å²) in [5, 5.41) is 8.75. The van der Waals surface area contributed by atoms with Gasteiger partial charge in [0, 0.05) is 12.0 Å². The molecule has 0 aliphatic carbocycles. The van der Waals surface area contributed by atoms with Gasteiger partial charge in [0.05, 0.1) is 20.1 Å². The van der Waals surface area contributed by atoms with E-state index in [2.05, 4.69) is 0 Å². The number of aliphatic carboxylic acids is 1. The standard InChI is InChI=1S/C11H12O4/c1-14-9-3-2-7(6-10(12)13)8-4-5-15-11(8)9/h2-3H,4-6H2,1H3,(H,12,13). The maximum atomic E-state index is 10.7. The molecular weight excluding hydrogens is 196 g/mol. The molecule has 0 saturated heterocycles. The minimum atomic E-state index is -0.825. The molecule has 0 amide bonds. The Hall–Kier alpha value is -1.71. The van der Waals surface area contributed by atoms with Crippen LogP contribution in [-0.2, 0) is 17.6 Å². The molecular formula is C11H12O4. The van der Waals surface area contributed by atoms with Crippen LogP contribution < -0.4 is 9.47 Å². The summed E-state index contributed by atoms with van der Waals surface area (Å²) in [5.41, 5.74) is 1.78. The second-order valence-electron chi connectivity index (χ2n) is 3.40. The van der Waals surface area contributed by atoms with Gasteiger partial charge in [0.1, 0.15) is 0 Å². The Morgan fingerprint density at radius 2 is 2.40 bits per heavy atom. The van der Waals surface area contributed by atoms with E-state index < -0.39 is 5.97 Å². The normalized spacial score (nSPS) is 13.1. The van der Waals surface area contributed by atoms with Crippen LogP contribution in [0.1, 0.15) is 11.1 Å². The van der Waals surface area contributed by atoms with Crippen molar-refractivity contribution in [2.24, 2.45) is 0 Å². The first-order valence-corrected chi connectivity index (χ1v) is 4.75. The summed E-state index contributed by atoms with van der Waals surface area (Å²) in [6.07, 6.45) is 0.796. The average Bonchev–Trinajstić information content (AvgIpc) is 2.66. The summed E-state index contributed by atoms with van der Waals surface area (Å²) in [6, 6.07) is 3.54. The van der Waals surface area contributed by atoms with Crippen LogP contribution in [0.25, 0.3) is 0 Å². The van der Waals surface area contributed by atoms with Gasteiger partial charge in [0.25, 0.3) is 0 Å². The summed E-state index contributed by atoms with van der Waals surface area (Å²) >= 11 is 0. The maximum absolute atomic E-state index is 10.7. The van der Waals surface area contributed by atoms with Crippen molar-refractivity contribution in [1.82, 2.24) is 0 Å². The molecule has 1 aliphatic heterocycles. The summed E-state index contributed by atoms with van der Waals surface area (Å²) < 4.78 is 10.6. The van der Waals surface area contributed by atoms with Gasteiger partial charge in [-0.25, -0.2) is 0 Å². The lowest BCUT2D eigenvalue weighted by atomic mass is 10.0. The molecule has 4 heteroatoms. The van der Waals surface area contributed by atoms with Crippen molar-refractivity contribution < 1.29 is 19.4 Å². The zero-order valence-electron chi connectivity index (χ0n) is 8.45. The van der Waals surface area contributed by atoms with Crippen LogP contribution >= 0.6 is 0 Å². The number of benzene rings is 1. The monoisotopic (exact) mass is 208 g/mol. The first kappa shape index (κ1) is 9.83. The number of methoxy groups -OCH3 is 1. The Kier molecular flexibility index (Phi) is 2.49. The minimum Gasteiger partial charge on any atom is -0.493 e. The lowest BCUT2D eigenvalue weighted by molar-refractivity contribution is -0.136. The second kappa shape index (κ2) is 3.81. The van der Waals surface area contributed by atoms with E-state index in [9.17, 15) is 4.79 Å². The lowest BCUT2D eigenvalue weighted by Crippen LogP contribution is -2.03. The van der Waals surface area contributed by atoms with Crippen LogP contribution in [0.15, 0.2) is 12.1 Å². The third kappa shape index (κ3) is 1.75. The summed E-state index contributed by atoms with van der Waals surface area (Å²) in [4.78, 5) is 10.7. The molecule has 1 N–H and O–H groups in total. The van der Waals surface area contributed by atoms with E-state index in [0.29, 0.717) is 18.1 Å². The topological polar surface area (TPSA) is 55.8 Å². The fourth-order valence-corrected chi connectivity index (χ4v) is 1.82. The molecule has 0 unspecified atom stereocenters. The van der Waals surface area contributed by atoms with Gasteiger partial charge < -0.3 is 14.6 Å². The molecule has 2 rings (SSSR count). The summed E-state index contributed by atoms with van der Waals surface area (Å²) in [7, 11) is 1.58. The first-order valence-electron chi connectivity index (χ1n) is 4.75. The van der Waals surface area contributed by atoms with E-state index in [4.69, 9.17) is 14.6 Å². The van der Waals surface area contributed by atoms with Crippen molar-refractivity contribution in [2.45, 2.75) is 12.8 Å². The van der Waals surface area contributed by atoms with E-state index in [1.54, 1.807) is 19.2 Å². The Balaban J connectivity index is 2.42. The van der Waals surface area contributed by atoms with Crippen molar-refractivity contribution >= 4 is 5.97 Å². The maximum Gasteiger partial charge on any atom is 0.307 e.